The quantitative estimate of drug-likeness (QED) is 0.432. The van der Waals surface area contributed by atoms with Gasteiger partial charge in [-0.3, -0.25) is 9.59 Å². The molecule has 1 unspecified atom stereocenters. The van der Waals surface area contributed by atoms with Crippen LogP contribution in [-0.2, 0) is 24.2 Å². The number of imidazole rings is 1. The van der Waals surface area contributed by atoms with E-state index in [9.17, 15) is 9.59 Å². The Balaban J connectivity index is 1.34. The van der Waals surface area contributed by atoms with Gasteiger partial charge in [-0.25, -0.2) is 4.98 Å². The molecule has 0 fully saturated rings. The van der Waals surface area contributed by atoms with Crippen molar-refractivity contribution in [2.24, 2.45) is 0 Å². The highest BCUT2D eigenvalue weighted by atomic mass is 16.3. The number of amides is 2. The zero-order valence-electron chi connectivity index (χ0n) is 18.7. The highest BCUT2D eigenvalue weighted by Gasteiger charge is 2.23. The summed E-state index contributed by atoms with van der Waals surface area (Å²) in [6.07, 6.45) is 7.20. The molecule has 7 heteroatoms. The molecule has 0 saturated heterocycles. The van der Waals surface area contributed by atoms with Crippen LogP contribution in [0.25, 0.3) is 11.3 Å². The maximum atomic E-state index is 13.3. The van der Waals surface area contributed by atoms with Gasteiger partial charge in [-0.15, -0.1) is 0 Å². The van der Waals surface area contributed by atoms with E-state index < -0.39 is 11.9 Å². The molecule has 5 rings (SSSR count). The number of furan rings is 1. The third-order valence-corrected chi connectivity index (χ3v) is 5.98. The second kappa shape index (κ2) is 9.79. The minimum Gasteiger partial charge on any atom is -0.459 e. The van der Waals surface area contributed by atoms with Gasteiger partial charge >= 0.3 is 0 Å². The van der Waals surface area contributed by atoms with E-state index in [0.29, 0.717) is 12.1 Å². The van der Waals surface area contributed by atoms with Crippen LogP contribution in [-0.4, -0.2) is 27.4 Å². The van der Waals surface area contributed by atoms with Crippen molar-refractivity contribution in [1.82, 2.24) is 14.9 Å². The first kappa shape index (κ1) is 21.7. The summed E-state index contributed by atoms with van der Waals surface area (Å²) < 4.78 is 7.40. The lowest BCUT2D eigenvalue weighted by atomic mass is 10.0. The van der Waals surface area contributed by atoms with E-state index in [2.05, 4.69) is 21.4 Å². The average molecular weight is 455 g/mol. The molecule has 172 valence electrons. The van der Waals surface area contributed by atoms with E-state index in [0.717, 1.165) is 35.6 Å². The van der Waals surface area contributed by atoms with Crippen molar-refractivity contribution in [1.29, 1.82) is 0 Å². The molecule has 1 atom stereocenters. The van der Waals surface area contributed by atoms with Crippen LogP contribution in [0.5, 0.6) is 0 Å². The minimum absolute atomic E-state index is 0.164. The lowest BCUT2D eigenvalue weighted by molar-refractivity contribution is -0.118. The van der Waals surface area contributed by atoms with Crippen LogP contribution in [0.3, 0.4) is 0 Å². The zero-order chi connectivity index (χ0) is 23.3. The van der Waals surface area contributed by atoms with Gasteiger partial charge in [0.05, 0.1) is 12.0 Å². The average Bonchev–Trinajstić information content (AvgIpc) is 3.55. The van der Waals surface area contributed by atoms with Gasteiger partial charge in [0.15, 0.2) is 5.76 Å². The molecule has 2 N–H and O–H groups in total. The van der Waals surface area contributed by atoms with Crippen LogP contribution >= 0.6 is 0 Å². The molecule has 1 aliphatic rings. The molecule has 0 aliphatic carbocycles. The summed E-state index contributed by atoms with van der Waals surface area (Å²) >= 11 is 0. The molecule has 1 aliphatic heterocycles. The Kier molecular flexibility index (Phi) is 6.25. The topological polar surface area (TPSA) is 89.2 Å². The number of aryl methyl sites for hydroxylation is 2. The first-order chi connectivity index (χ1) is 16.7. The van der Waals surface area contributed by atoms with E-state index in [-0.39, 0.29) is 11.7 Å². The van der Waals surface area contributed by atoms with Crippen LogP contribution in [0.2, 0.25) is 0 Å². The fraction of sp³-hybridized carbons (Fsp3) is 0.222. The summed E-state index contributed by atoms with van der Waals surface area (Å²) in [6, 6.07) is 19.7. The Labute approximate surface area is 197 Å². The standard InChI is InChI=1S/C27H26N4O3/c32-26(22(16-19-8-2-1-3-9-19)30-27(33)24-12-7-15-34-24)28-21-11-6-10-20(17-21)23-18-31-14-5-4-13-25(31)29-23/h1-3,6-12,15,17-18,22H,4-5,13-14,16H2,(H,28,32)(H,30,33). The summed E-state index contributed by atoms with van der Waals surface area (Å²) in [4.78, 5) is 30.6. The van der Waals surface area contributed by atoms with Crippen molar-refractivity contribution in [3.63, 3.8) is 0 Å². The number of hydrogen-bond donors (Lipinski definition) is 2. The third kappa shape index (κ3) is 4.93. The van der Waals surface area contributed by atoms with Gasteiger partial charge in [-0.05, 0) is 42.7 Å². The number of carbonyl (C=O) groups is 2. The highest BCUT2D eigenvalue weighted by molar-refractivity contribution is 6.00. The Morgan fingerprint density at radius 3 is 2.71 bits per heavy atom. The molecule has 2 aromatic heterocycles. The van der Waals surface area contributed by atoms with Gasteiger partial charge in [0.25, 0.3) is 5.91 Å². The molecule has 7 nitrogen and oxygen atoms in total. The first-order valence-electron chi connectivity index (χ1n) is 11.5. The predicted molar refractivity (Wildman–Crippen MR) is 129 cm³/mol. The lowest BCUT2D eigenvalue weighted by Crippen LogP contribution is -2.45. The largest absolute Gasteiger partial charge is 0.459 e. The SMILES string of the molecule is O=C(NC(Cc1ccccc1)C(=O)Nc1cccc(-c2cn3c(n2)CCCC3)c1)c1ccco1. The molecule has 0 radical (unpaired) electrons. The normalized spacial score (nSPS) is 13.6. The van der Waals surface area contributed by atoms with Gasteiger partial charge in [0.1, 0.15) is 11.9 Å². The van der Waals surface area contributed by atoms with Gasteiger partial charge < -0.3 is 19.6 Å². The van der Waals surface area contributed by atoms with E-state index in [1.807, 2.05) is 54.6 Å². The number of carbonyl (C=O) groups excluding carboxylic acids is 2. The number of nitrogens with one attached hydrogen (secondary N) is 2. The first-order valence-corrected chi connectivity index (χ1v) is 11.5. The number of anilines is 1. The molecule has 0 spiro atoms. The number of fused-ring (bicyclic) bond motifs is 1. The predicted octanol–water partition coefficient (Wildman–Crippen LogP) is 4.46. The maximum Gasteiger partial charge on any atom is 0.287 e. The van der Waals surface area contributed by atoms with Gasteiger partial charge in [-0.1, -0.05) is 42.5 Å². The second-order valence-corrected chi connectivity index (χ2v) is 8.46. The van der Waals surface area contributed by atoms with Crippen molar-refractivity contribution in [3.05, 3.63) is 96.3 Å². The molecule has 34 heavy (non-hydrogen) atoms. The van der Waals surface area contributed by atoms with Crippen molar-refractivity contribution < 1.29 is 14.0 Å². The van der Waals surface area contributed by atoms with Crippen molar-refractivity contribution >= 4 is 17.5 Å². The molecule has 2 amide bonds. The Morgan fingerprint density at radius 2 is 1.91 bits per heavy atom. The van der Waals surface area contributed by atoms with Gasteiger partial charge in [0, 0.05) is 36.8 Å². The van der Waals surface area contributed by atoms with Gasteiger partial charge in [0.2, 0.25) is 5.91 Å². The minimum atomic E-state index is -0.774. The summed E-state index contributed by atoms with van der Waals surface area (Å²) in [6.45, 7) is 0.995. The van der Waals surface area contributed by atoms with Crippen molar-refractivity contribution in [3.8, 4) is 11.3 Å². The molecule has 0 saturated carbocycles. The molecular weight excluding hydrogens is 428 g/mol. The van der Waals surface area contributed by atoms with E-state index >= 15 is 0 Å². The molecule has 3 heterocycles. The highest BCUT2D eigenvalue weighted by Crippen LogP contribution is 2.25. The smallest absolute Gasteiger partial charge is 0.287 e. The number of rotatable bonds is 7. The summed E-state index contributed by atoms with van der Waals surface area (Å²) in [7, 11) is 0. The number of aromatic nitrogens is 2. The van der Waals surface area contributed by atoms with Gasteiger partial charge in [-0.2, -0.15) is 0 Å². The summed E-state index contributed by atoms with van der Waals surface area (Å²) in [5, 5.41) is 5.77. The number of benzene rings is 2. The molecule has 4 aromatic rings. The zero-order valence-corrected chi connectivity index (χ0v) is 18.7. The molecular formula is C27H26N4O3. The van der Waals surface area contributed by atoms with Crippen LogP contribution < -0.4 is 10.6 Å². The summed E-state index contributed by atoms with van der Waals surface area (Å²) in [5.41, 5.74) is 3.44. The van der Waals surface area contributed by atoms with E-state index in [1.165, 1.54) is 19.1 Å². The number of nitrogens with zero attached hydrogens (tertiary/aromatic N) is 2. The van der Waals surface area contributed by atoms with Crippen LogP contribution in [0.4, 0.5) is 5.69 Å². The third-order valence-electron chi connectivity index (χ3n) is 5.98. The van der Waals surface area contributed by atoms with E-state index in [4.69, 9.17) is 9.40 Å². The van der Waals surface area contributed by atoms with E-state index in [1.54, 1.807) is 12.1 Å². The van der Waals surface area contributed by atoms with Crippen LogP contribution in [0, 0.1) is 0 Å². The Hall–Kier alpha value is -4.13. The van der Waals surface area contributed by atoms with Crippen molar-refractivity contribution in [2.75, 3.05) is 5.32 Å². The molecule has 2 aromatic carbocycles. The van der Waals surface area contributed by atoms with Crippen LogP contribution in [0.1, 0.15) is 34.8 Å². The second-order valence-electron chi connectivity index (χ2n) is 8.46. The number of hydrogen-bond acceptors (Lipinski definition) is 4. The summed E-state index contributed by atoms with van der Waals surface area (Å²) in [5.74, 6) is 0.541. The Bertz CT molecular complexity index is 1250. The fourth-order valence-electron chi connectivity index (χ4n) is 4.23. The monoisotopic (exact) mass is 454 g/mol. The lowest BCUT2D eigenvalue weighted by Gasteiger charge is -2.18. The fourth-order valence-corrected chi connectivity index (χ4v) is 4.23. The van der Waals surface area contributed by atoms with Crippen LogP contribution in [0.15, 0.2) is 83.6 Å². The van der Waals surface area contributed by atoms with Crippen molar-refractivity contribution in [2.45, 2.75) is 38.3 Å². The molecule has 0 bridgehead atoms. The Morgan fingerprint density at radius 1 is 1.03 bits per heavy atom. The maximum absolute atomic E-state index is 13.3.